The van der Waals surface area contributed by atoms with E-state index in [0.29, 0.717) is 0 Å². The predicted molar refractivity (Wildman–Crippen MR) is 76.9 cm³/mol. The normalized spacial score (nSPS) is 10.9. The third-order valence-corrected chi connectivity index (χ3v) is 2.87. The van der Waals surface area contributed by atoms with Gasteiger partial charge in [-0.15, -0.1) is 0 Å². The van der Waals surface area contributed by atoms with Crippen LogP contribution in [-0.2, 0) is 13.1 Å². The highest BCUT2D eigenvalue weighted by atomic mass is 16.3. The lowest BCUT2D eigenvalue weighted by Gasteiger charge is -2.15. The van der Waals surface area contributed by atoms with E-state index in [2.05, 4.69) is 35.2 Å². The van der Waals surface area contributed by atoms with Crippen molar-refractivity contribution in [1.29, 1.82) is 0 Å². The molecule has 19 heavy (non-hydrogen) atoms. The molecule has 0 bridgehead atoms. The molecule has 0 aliphatic rings. The van der Waals surface area contributed by atoms with Gasteiger partial charge >= 0.3 is 0 Å². The fourth-order valence-electron chi connectivity index (χ4n) is 1.94. The van der Waals surface area contributed by atoms with E-state index in [0.717, 1.165) is 31.9 Å². The maximum atomic E-state index is 5.07. The number of hydrogen-bond acceptors (Lipinski definition) is 4. The fourth-order valence-corrected chi connectivity index (χ4v) is 1.94. The molecule has 0 amide bonds. The molecule has 4 nitrogen and oxygen atoms in total. The van der Waals surface area contributed by atoms with Crippen LogP contribution in [0, 0.1) is 0 Å². The highest BCUT2D eigenvalue weighted by Crippen LogP contribution is 2.10. The molecule has 0 aromatic carbocycles. The predicted octanol–water partition coefficient (Wildman–Crippen LogP) is 3.13. The van der Waals surface area contributed by atoms with Gasteiger partial charge in [-0.25, -0.2) is 4.98 Å². The second-order valence-electron chi connectivity index (χ2n) is 4.78. The standard InChI is InChI=1S/C15H21N3O/c1-3-7-16-15-5-4-13(9-17-15)10-18(2)11-14-6-8-19-12-14/h4-6,8-9,12H,3,7,10-11H2,1-2H3,(H,16,17). The smallest absolute Gasteiger partial charge is 0.125 e. The van der Waals surface area contributed by atoms with Crippen LogP contribution in [0.4, 0.5) is 5.82 Å². The van der Waals surface area contributed by atoms with Crippen molar-refractivity contribution in [3.8, 4) is 0 Å². The Hall–Kier alpha value is -1.81. The molecule has 2 aromatic rings. The molecule has 2 rings (SSSR count). The Morgan fingerprint density at radius 2 is 2.05 bits per heavy atom. The lowest BCUT2D eigenvalue weighted by Crippen LogP contribution is -2.17. The number of furan rings is 1. The highest BCUT2D eigenvalue weighted by molar-refractivity contribution is 5.35. The van der Waals surface area contributed by atoms with E-state index in [1.807, 2.05) is 18.3 Å². The molecule has 0 radical (unpaired) electrons. The molecule has 0 aliphatic heterocycles. The van der Waals surface area contributed by atoms with Crippen LogP contribution in [-0.4, -0.2) is 23.5 Å². The average Bonchev–Trinajstić information content (AvgIpc) is 2.90. The number of nitrogens with zero attached hydrogens (tertiary/aromatic N) is 2. The van der Waals surface area contributed by atoms with Crippen molar-refractivity contribution in [3.05, 3.63) is 48.0 Å². The summed E-state index contributed by atoms with van der Waals surface area (Å²) in [7, 11) is 2.09. The second-order valence-corrected chi connectivity index (χ2v) is 4.78. The number of pyridine rings is 1. The number of anilines is 1. The Balaban J connectivity index is 1.84. The van der Waals surface area contributed by atoms with Gasteiger partial charge in [0.25, 0.3) is 0 Å². The molecule has 0 unspecified atom stereocenters. The van der Waals surface area contributed by atoms with E-state index in [-0.39, 0.29) is 0 Å². The lowest BCUT2D eigenvalue weighted by molar-refractivity contribution is 0.317. The third-order valence-electron chi connectivity index (χ3n) is 2.87. The first kappa shape index (κ1) is 13.6. The summed E-state index contributed by atoms with van der Waals surface area (Å²) < 4.78 is 5.07. The summed E-state index contributed by atoms with van der Waals surface area (Å²) >= 11 is 0. The van der Waals surface area contributed by atoms with Gasteiger partial charge < -0.3 is 9.73 Å². The van der Waals surface area contributed by atoms with Crippen molar-refractivity contribution < 1.29 is 4.42 Å². The summed E-state index contributed by atoms with van der Waals surface area (Å²) in [6.07, 6.45) is 6.53. The van der Waals surface area contributed by atoms with Gasteiger partial charge in [-0.05, 0) is 31.2 Å². The van der Waals surface area contributed by atoms with Crippen LogP contribution < -0.4 is 5.32 Å². The van der Waals surface area contributed by atoms with Crippen LogP contribution in [0.15, 0.2) is 41.3 Å². The quantitative estimate of drug-likeness (QED) is 0.829. The van der Waals surface area contributed by atoms with E-state index in [1.54, 1.807) is 12.5 Å². The Morgan fingerprint density at radius 3 is 2.68 bits per heavy atom. The van der Waals surface area contributed by atoms with Crippen LogP contribution in [0.25, 0.3) is 0 Å². The van der Waals surface area contributed by atoms with Crippen molar-refractivity contribution in [3.63, 3.8) is 0 Å². The summed E-state index contributed by atoms with van der Waals surface area (Å²) in [6, 6.07) is 6.15. The minimum absolute atomic E-state index is 0.881. The summed E-state index contributed by atoms with van der Waals surface area (Å²) in [5.74, 6) is 0.947. The molecular formula is C15H21N3O. The molecule has 0 fully saturated rings. The van der Waals surface area contributed by atoms with Gasteiger partial charge in [0.15, 0.2) is 0 Å². The molecule has 0 saturated heterocycles. The van der Waals surface area contributed by atoms with Gasteiger partial charge in [0, 0.05) is 31.4 Å². The minimum atomic E-state index is 0.881. The van der Waals surface area contributed by atoms with Crippen LogP contribution in [0.2, 0.25) is 0 Å². The van der Waals surface area contributed by atoms with Crippen LogP contribution >= 0.6 is 0 Å². The molecule has 0 aliphatic carbocycles. The Bertz CT molecular complexity index is 465. The SMILES string of the molecule is CCCNc1ccc(CN(C)Cc2ccoc2)cn1. The highest BCUT2D eigenvalue weighted by Gasteiger charge is 2.03. The van der Waals surface area contributed by atoms with E-state index in [1.165, 1.54) is 11.1 Å². The summed E-state index contributed by atoms with van der Waals surface area (Å²) in [5, 5.41) is 3.27. The Morgan fingerprint density at radius 1 is 1.21 bits per heavy atom. The third kappa shape index (κ3) is 4.41. The van der Waals surface area contributed by atoms with E-state index in [9.17, 15) is 0 Å². The van der Waals surface area contributed by atoms with Crippen LogP contribution in [0.3, 0.4) is 0 Å². The van der Waals surface area contributed by atoms with E-state index >= 15 is 0 Å². The molecule has 2 aromatic heterocycles. The zero-order valence-corrected chi connectivity index (χ0v) is 11.6. The van der Waals surface area contributed by atoms with Gasteiger partial charge in [-0.3, -0.25) is 4.90 Å². The largest absolute Gasteiger partial charge is 0.472 e. The monoisotopic (exact) mass is 259 g/mol. The zero-order chi connectivity index (χ0) is 13.5. The van der Waals surface area contributed by atoms with Gasteiger partial charge in [-0.1, -0.05) is 13.0 Å². The molecule has 0 spiro atoms. The van der Waals surface area contributed by atoms with Crippen molar-refractivity contribution in [2.75, 3.05) is 18.9 Å². The summed E-state index contributed by atoms with van der Waals surface area (Å²) in [6.45, 7) is 4.87. The molecule has 0 saturated carbocycles. The van der Waals surface area contributed by atoms with Gasteiger partial charge in [0.05, 0.1) is 12.5 Å². The number of rotatable bonds is 7. The Kier molecular flexibility index (Phi) is 4.98. The zero-order valence-electron chi connectivity index (χ0n) is 11.6. The molecule has 1 N–H and O–H groups in total. The van der Waals surface area contributed by atoms with Crippen molar-refractivity contribution in [2.45, 2.75) is 26.4 Å². The number of hydrogen-bond donors (Lipinski definition) is 1. The van der Waals surface area contributed by atoms with Crippen molar-refractivity contribution >= 4 is 5.82 Å². The Labute approximate surface area is 114 Å². The average molecular weight is 259 g/mol. The summed E-state index contributed by atoms with van der Waals surface area (Å²) in [5.41, 5.74) is 2.41. The molecule has 0 atom stereocenters. The lowest BCUT2D eigenvalue weighted by atomic mass is 10.2. The molecule has 4 heteroatoms. The topological polar surface area (TPSA) is 41.3 Å². The first-order chi connectivity index (χ1) is 9.28. The molecular weight excluding hydrogens is 238 g/mol. The number of aromatic nitrogens is 1. The minimum Gasteiger partial charge on any atom is -0.472 e. The van der Waals surface area contributed by atoms with Gasteiger partial charge in [-0.2, -0.15) is 0 Å². The first-order valence-corrected chi connectivity index (χ1v) is 6.66. The maximum absolute atomic E-state index is 5.07. The van der Waals surface area contributed by atoms with E-state index in [4.69, 9.17) is 4.42 Å². The maximum Gasteiger partial charge on any atom is 0.125 e. The summed E-state index contributed by atoms with van der Waals surface area (Å²) in [4.78, 5) is 6.65. The van der Waals surface area contributed by atoms with E-state index < -0.39 is 0 Å². The van der Waals surface area contributed by atoms with Crippen molar-refractivity contribution in [1.82, 2.24) is 9.88 Å². The molecule has 102 valence electrons. The van der Waals surface area contributed by atoms with Gasteiger partial charge in [0.2, 0.25) is 0 Å². The molecule has 2 heterocycles. The second kappa shape index (κ2) is 6.95. The van der Waals surface area contributed by atoms with Gasteiger partial charge in [0.1, 0.15) is 5.82 Å². The fraction of sp³-hybridized carbons (Fsp3) is 0.400. The number of nitrogens with one attached hydrogen (secondary N) is 1. The van der Waals surface area contributed by atoms with Crippen LogP contribution in [0.1, 0.15) is 24.5 Å². The first-order valence-electron chi connectivity index (χ1n) is 6.66. The van der Waals surface area contributed by atoms with Crippen molar-refractivity contribution in [2.24, 2.45) is 0 Å². The van der Waals surface area contributed by atoms with Crippen LogP contribution in [0.5, 0.6) is 0 Å².